The molecule has 0 radical (unpaired) electrons. The normalized spacial score (nSPS) is 16.0. The summed E-state index contributed by atoms with van der Waals surface area (Å²) in [6.45, 7) is 0.762. The van der Waals surface area contributed by atoms with Crippen molar-refractivity contribution in [2.45, 2.75) is 42.0 Å². The molecular weight excluding hydrogens is 306 g/mol. The van der Waals surface area contributed by atoms with E-state index in [1.807, 2.05) is 18.2 Å². The molecular formula is C15H18ClN3OS. The van der Waals surface area contributed by atoms with Gasteiger partial charge in [-0.2, -0.15) is 10.3 Å². The van der Waals surface area contributed by atoms with E-state index in [0.29, 0.717) is 10.9 Å². The zero-order chi connectivity index (χ0) is 14.5. The van der Waals surface area contributed by atoms with Crippen LogP contribution in [0.4, 0.5) is 0 Å². The van der Waals surface area contributed by atoms with Crippen LogP contribution in [0.3, 0.4) is 0 Å². The summed E-state index contributed by atoms with van der Waals surface area (Å²) in [5.41, 5.74) is 0. The summed E-state index contributed by atoms with van der Waals surface area (Å²) in [5, 5.41) is 11.9. The van der Waals surface area contributed by atoms with Gasteiger partial charge < -0.3 is 4.74 Å². The maximum Gasteiger partial charge on any atom is 0.143 e. The third kappa shape index (κ3) is 4.14. The molecule has 1 aromatic heterocycles. The Labute approximate surface area is 133 Å². The minimum atomic E-state index is 0.662. The summed E-state index contributed by atoms with van der Waals surface area (Å²) in [4.78, 5) is 1.05. The highest BCUT2D eigenvalue weighted by molar-refractivity contribution is 7.99. The van der Waals surface area contributed by atoms with E-state index < -0.39 is 0 Å². The van der Waals surface area contributed by atoms with Gasteiger partial charge in [-0.15, -0.1) is 5.10 Å². The summed E-state index contributed by atoms with van der Waals surface area (Å²) in [6, 6.07) is 5.82. The number of hydrogen-bond acceptors (Lipinski definition) is 4. The lowest BCUT2D eigenvalue weighted by Gasteiger charge is -2.22. The van der Waals surface area contributed by atoms with Gasteiger partial charge in [0.2, 0.25) is 0 Å². The molecule has 6 heteroatoms. The van der Waals surface area contributed by atoms with Gasteiger partial charge in [0, 0.05) is 4.90 Å². The summed E-state index contributed by atoms with van der Waals surface area (Å²) < 4.78 is 5.95. The molecule has 0 spiro atoms. The number of benzene rings is 1. The van der Waals surface area contributed by atoms with E-state index in [2.05, 4.69) is 15.4 Å². The fourth-order valence-corrected chi connectivity index (χ4v) is 3.49. The molecule has 0 unspecified atom stereocenters. The molecule has 1 aromatic carbocycles. The van der Waals surface area contributed by atoms with Gasteiger partial charge in [0.15, 0.2) is 0 Å². The molecule has 1 fully saturated rings. The second-order valence-electron chi connectivity index (χ2n) is 5.32. The van der Waals surface area contributed by atoms with Crippen molar-refractivity contribution >= 4 is 23.4 Å². The molecule has 112 valence electrons. The molecule has 1 N–H and O–H groups in total. The van der Waals surface area contributed by atoms with Gasteiger partial charge in [-0.3, -0.25) is 0 Å². The number of ether oxygens (including phenoxy) is 1. The Morgan fingerprint density at radius 2 is 2.14 bits per heavy atom. The summed E-state index contributed by atoms with van der Waals surface area (Å²) in [6.07, 6.45) is 8.24. The van der Waals surface area contributed by atoms with Crippen molar-refractivity contribution in [3.8, 4) is 5.75 Å². The van der Waals surface area contributed by atoms with E-state index in [9.17, 15) is 0 Å². The van der Waals surface area contributed by atoms with E-state index in [1.54, 1.807) is 6.20 Å². The first kappa shape index (κ1) is 14.7. The molecule has 4 nitrogen and oxygen atoms in total. The van der Waals surface area contributed by atoms with E-state index in [4.69, 9.17) is 16.3 Å². The molecule has 0 saturated heterocycles. The maximum absolute atomic E-state index is 6.23. The van der Waals surface area contributed by atoms with Crippen LogP contribution in [0, 0.1) is 5.92 Å². The lowest BCUT2D eigenvalue weighted by Crippen LogP contribution is -2.15. The Balaban J connectivity index is 1.63. The smallest absolute Gasteiger partial charge is 0.143 e. The zero-order valence-electron chi connectivity index (χ0n) is 11.7. The molecule has 1 heterocycles. The first-order chi connectivity index (χ1) is 10.3. The van der Waals surface area contributed by atoms with Gasteiger partial charge in [-0.25, -0.2) is 0 Å². The van der Waals surface area contributed by atoms with Crippen LogP contribution in [-0.2, 0) is 0 Å². The number of nitrogens with zero attached hydrogens (tertiary/aromatic N) is 2. The lowest BCUT2D eigenvalue weighted by atomic mass is 9.90. The van der Waals surface area contributed by atoms with Crippen molar-refractivity contribution < 1.29 is 4.74 Å². The number of H-pyrrole nitrogens is 1. The topological polar surface area (TPSA) is 50.8 Å². The second-order valence-corrected chi connectivity index (χ2v) is 6.82. The summed E-state index contributed by atoms with van der Waals surface area (Å²) in [7, 11) is 0. The van der Waals surface area contributed by atoms with Crippen molar-refractivity contribution in [3.05, 3.63) is 29.4 Å². The van der Waals surface area contributed by atoms with Gasteiger partial charge >= 0.3 is 0 Å². The number of aromatic amines is 1. The van der Waals surface area contributed by atoms with Crippen molar-refractivity contribution in [2.24, 2.45) is 5.92 Å². The summed E-state index contributed by atoms with van der Waals surface area (Å²) in [5.74, 6) is 1.43. The monoisotopic (exact) mass is 323 g/mol. The average Bonchev–Trinajstić information content (AvgIpc) is 3.02. The van der Waals surface area contributed by atoms with Crippen LogP contribution in [0.1, 0.15) is 32.1 Å². The first-order valence-electron chi connectivity index (χ1n) is 7.27. The van der Waals surface area contributed by atoms with Gasteiger partial charge in [-0.05, 0) is 37.0 Å². The minimum Gasteiger partial charge on any atom is -0.492 e. The van der Waals surface area contributed by atoms with Crippen molar-refractivity contribution in [3.63, 3.8) is 0 Å². The zero-order valence-corrected chi connectivity index (χ0v) is 13.3. The SMILES string of the molecule is Clc1ccc(Sc2cn[nH]n2)cc1OCC1CCCCC1. The van der Waals surface area contributed by atoms with Gasteiger partial charge in [0.25, 0.3) is 0 Å². The molecule has 0 atom stereocenters. The van der Waals surface area contributed by atoms with Crippen LogP contribution in [0.25, 0.3) is 0 Å². The number of halogens is 1. The van der Waals surface area contributed by atoms with Crippen LogP contribution < -0.4 is 4.74 Å². The predicted octanol–water partition coefficient (Wildman–Crippen LogP) is 4.57. The number of hydrogen-bond donors (Lipinski definition) is 1. The van der Waals surface area contributed by atoms with Crippen LogP contribution in [0.15, 0.2) is 34.3 Å². The largest absolute Gasteiger partial charge is 0.492 e. The Hall–Kier alpha value is -1.20. The third-order valence-electron chi connectivity index (χ3n) is 3.72. The molecule has 1 aliphatic carbocycles. The average molecular weight is 324 g/mol. The molecule has 0 amide bonds. The van der Waals surface area contributed by atoms with Crippen molar-refractivity contribution in [1.29, 1.82) is 0 Å². The fourth-order valence-electron chi connectivity index (χ4n) is 2.58. The number of nitrogens with one attached hydrogen (secondary N) is 1. The van der Waals surface area contributed by atoms with E-state index in [0.717, 1.165) is 22.3 Å². The minimum absolute atomic E-state index is 0.662. The van der Waals surface area contributed by atoms with Gasteiger partial charge in [0.05, 0.1) is 17.8 Å². The molecule has 0 bridgehead atoms. The maximum atomic E-state index is 6.23. The number of rotatable bonds is 5. The lowest BCUT2D eigenvalue weighted by molar-refractivity contribution is 0.208. The fraction of sp³-hybridized carbons (Fsp3) is 0.467. The second kappa shape index (κ2) is 7.18. The van der Waals surface area contributed by atoms with Gasteiger partial charge in [-0.1, -0.05) is 42.6 Å². The highest BCUT2D eigenvalue weighted by Gasteiger charge is 2.15. The summed E-state index contributed by atoms with van der Waals surface area (Å²) >= 11 is 7.76. The standard InChI is InChI=1S/C15H18ClN3OS/c16-13-7-6-12(21-15-9-17-19-18-15)8-14(13)20-10-11-4-2-1-3-5-11/h6-9,11H,1-5,10H2,(H,17,18,19). The quantitative estimate of drug-likeness (QED) is 0.875. The van der Waals surface area contributed by atoms with Crippen LogP contribution in [0.5, 0.6) is 5.75 Å². The van der Waals surface area contributed by atoms with Crippen LogP contribution in [-0.4, -0.2) is 22.0 Å². The van der Waals surface area contributed by atoms with Gasteiger partial charge in [0.1, 0.15) is 10.8 Å². The highest BCUT2D eigenvalue weighted by atomic mass is 35.5. The van der Waals surface area contributed by atoms with E-state index >= 15 is 0 Å². The Morgan fingerprint density at radius 3 is 2.90 bits per heavy atom. The first-order valence-corrected chi connectivity index (χ1v) is 8.46. The molecule has 0 aliphatic heterocycles. The van der Waals surface area contributed by atoms with Crippen molar-refractivity contribution in [1.82, 2.24) is 15.4 Å². The molecule has 3 rings (SSSR count). The van der Waals surface area contributed by atoms with E-state index in [-0.39, 0.29) is 0 Å². The van der Waals surface area contributed by atoms with E-state index in [1.165, 1.54) is 43.9 Å². The molecule has 21 heavy (non-hydrogen) atoms. The van der Waals surface area contributed by atoms with Crippen LogP contribution in [0.2, 0.25) is 5.02 Å². The Bertz CT molecular complexity index is 570. The van der Waals surface area contributed by atoms with Crippen molar-refractivity contribution in [2.75, 3.05) is 6.61 Å². The Kier molecular flexibility index (Phi) is 5.04. The predicted molar refractivity (Wildman–Crippen MR) is 84.0 cm³/mol. The number of aromatic nitrogens is 3. The third-order valence-corrected chi connectivity index (χ3v) is 4.93. The Morgan fingerprint density at radius 1 is 1.29 bits per heavy atom. The molecule has 1 aliphatic rings. The van der Waals surface area contributed by atoms with Crippen LogP contribution >= 0.6 is 23.4 Å². The molecule has 1 saturated carbocycles. The highest BCUT2D eigenvalue weighted by Crippen LogP contribution is 2.34. The molecule has 2 aromatic rings.